The highest BCUT2D eigenvalue weighted by atomic mass is 32.2. The van der Waals surface area contributed by atoms with Crippen molar-refractivity contribution >= 4 is 10.0 Å². The second-order valence-corrected chi connectivity index (χ2v) is 7.21. The topological polar surface area (TPSA) is 90.0 Å². The van der Waals surface area contributed by atoms with Crippen LogP contribution in [0.5, 0.6) is 0 Å². The normalized spacial score (nSPS) is 11.8. The van der Waals surface area contributed by atoms with E-state index in [0.717, 1.165) is 11.1 Å². The average molecular weight is 346 g/mol. The second kappa shape index (κ2) is 6.58. The highest BCUT2D eigenvalue weighted by Gasteiger charge is 2.14. The van der Waals surface area contributed by atoms with Crippen LogP contribution in [0.3, 0.4) is 0 Å². The van der Waals surface area contributed by atoms with Gasteiger partial charge in [-0.1, -0.05) is 12.1 Å². The van der Waals surface area contributed by atoms with Crippen LogP contribution in [0.2, 0.25) is 0 Å². The van der Waals surface area contributed by atoms with Crippen LogP contribution in [0.1, 0.15) is 11.5 Å². The monoisotopic (exact) mass is 346 g/mol. The number of hydrogen-bond donors (Lipinski definition) is 1. The van der Waals surface area contributed by atoms with Crippen LogP contribution in [-0.4, -0.2) is 29.7 Å². The zero-order valence-electron chi connectivity index (χ0n) is 13.4. The van der Waals surface area contributed by atoms with Crippen LogP contribution < -0.4 is 4.72 Å². The summed E-state index contributed by atoms with van der Waals surface area (Å²) in [6.45, 7) is 2.08. The Kier molecular flexibility index (Phi) is 4.50. The van der Waals surface area contributed by atoms with E-state index in [1.165, 1.54) is 0 Å². The van der Waals surface area contributed by atoms with E-state index in [-0.39, 0.29) is 4.90 Å². The van der Waals surface area contributed by atoms with E-state index in [2.05, 4.69) is 14.8 Å². The molecule has 3 aromatic rings. The summed E-state index contributed by atoms with van der Waals surface area (Å²) in [6.07, 6.45) is 5.72. The number of nitrogens with one attached hydrogen (secondary N) is 1. The van der Waals surface area contributed by atoms with Gasteiger partial charge in [-0.15, -0.1) is 0 Å². The zero-order chi connectivity index (χ0) is 17.2. The first-order chi connectivity index (χ1) is 11.4. The summed E-state index contributed by atoms with van der Waals surface area (Å²) >= 11 is 0. The van der Waals surface area contributed by atoms with E-state index in [0.29, 0.717) is 24.6 Å². The predicted octanol–water partition coefficient (Wildman–Crippen LogP) is 1.90. The second-order valence-electron chi connectivity index (χ2n) is 5.45. The minimum atomic E-state index is -3.54. The molecule has 3 rings (SSSR count). The molecule has 126 valence electrons. The molecule has 0 saturated carbocycles. The largest absolute Gasteiger partial charge is 0.449 e. The maximum atomic E-state index is 12.3. The molecule has 0 saturated heterocycles. The summed E-state index contributed by atoms with van der Waals surface area (Å²) in [5.41, 5.74) is 2.47. The van der Waals surface area contributed by atoms with E-state index >= 15 is 0 Å². The van der Waals surface area contributed by atoms with Gasteiger partial charge in [0.05, 0.1) is 11.1 Å². The number of oxazole rings is 1. The van der Waals surface area contributed by atoms with Gasteiger partial charge in [0.25, 0.3) is 0 Å². The Balaban J connectivity index is 1.65. The van der Waals surface area contributed by atoms with Crippen molar-refractivity contribution in [3.8, 4) is 11.3 Å². The van der Waals surface area contributed by atoms with Crippen molar-refractivity contribution in [2.24, 2.45) is 7.05 Å². The molecule has 0 fully saturated rings. The molecule has 0 atom stereocenters. The summed E-state index contributed by atoms with van der Waals surface area (Å²) in [5, 5.41) is 4.06. The van der Waals surface area contributed by atoms with Crippen LogP contribution in [0.15, 0.2) is 52.2 Å². The van der Waals surface area contributed by atoms with Gasteiger partial charge < -0.3 is 4.42 Å². The SMILES string of the molecule is Cc1nc(-c2ccc(S(=O)(=O)NCCc3cnn(C)c3)cc2)co1. The smallest absolute Gasteiger partial charge is 0.240 e. The Morgan fingerprint density at radius 1 is 1.25 bits per heavy atom. The molecule has 24 heavy (non-hydrogen) atoms. The first-order valence-corrected chi connectivity index (χ1v) is 8.92. The maximum absolute atomic E-state index is 12.3. The molecule has 1 N–H and O–H groups in total. The van der Waals surface area contributed by atoms with E-state index in [4.69, 9.17) is 4.42 Å². The summed E-state index contributed by atoms with van der Waals surface area (Å²) in [6, 6.07) is 6.55. The van der Waals surface area contributed by atoms with Crippen molar-refractivity contribution in [3.05, 3.63) is 54.4 Å². The van der Waals surface area contributed by atoms with Gasteiger partial charge in [0.15, 0.2) is 5.89 Å². The Morgan fingerprint density at radius 3 is 2.58 bits per heavy atom. The molecule has 2 aromatic heterocycles. The van der Waals surface area contributed by atoms with E-state index in [1.54, 1.807) is 48.3 Å². The molecule has 1 aromatic carbocycles. The van der Waals surface area contributed by atoms with Crippen molar-refractivity contribution in [3.63, 3.8) is 0 Å². The minimum Gasteiger partial charge on any atom is -0.449 e. The summed E-state index contributed by atoms with van der Waals surface area (Å²) in [7, 11) is -1.71. The van der Waals surface area contributed by atoms with Crippen LogP contribution in [0.25, 0.3) is 11.3 Å². The highest BCUT2D eigenvalue weighted by molar-refractivity contribution is 7.89. The molecule has 8 heteroatoms. The number of sulfonamides is 1. The molecule has 7 nitrogen and oxygen atoms in total. The quantitative estimate of drug-likeness (QED) is 0.736. The van der Waals surface area contributed by atoms with E-state index < -0.39 is 10.0 Å². The third kappa shape index (κ3) is 3.72. The standard InChI is InChI=1S/C16H18N4O3S/c1-12-19-16(11-23-12)14-3-5-15(6-4-14)24(21,22)18-8-7-13-9-17-20(2)10-13/h3-6,9-11,18H,7-8H2,1-2H3. The third-order valence-corrected chi connectivity index (χ3v) is 5.02. The molecule has 0 radical (unpaired) electrons. The van der Waals surface area contributed by atoms with Crippen molar-refractivity contribution in [1.29, 1.82) is 0 Å². The minimum absolute atomic E-state index is 0.220. The van der Waals surface area contributed by atoms with Crippen LogP contribution in [0.4, 0.5) is 0 Å². The maximum Gasteiger partial charge on any atom is 0.240 e. The zero-order valence-corrected chi connectivity index (χ0v) is 14.2. The lowest BCUT2D eigenvalue weighted by molar-refractivity contribution is 0.521. The van der Waals surface area contributed by atoms with Crippen molar-refractivity contribution in [2.45, 2.75) is 18.2 Å². The lowest BCUT2D eigenvalue weighted by atomic mass is 10.2. The molecule has 2 heterocycles. The molecule has 0 aliphatic heterocycles. The molecule has 0 spiro atoms. The van der Waals surface area contributed by atoms with E-state index in [9.17, 15) is 8.42 Å². The first-order valence-electron chi connectivity index (χ1n) is 7.44. The van der Waals surface area contributed by atoms with Gasteiger partial charge in [0, 0.05) is 32.3 Å². The van der Waals surface area contributed by atoms with Crippen molar-refractivity contribution in [1.82, 2.24) is 19.5 Å². The fourth-order valence-electron chi connectivity index (χ4n) is 2.31. The van der Waals surface area contributed by atoms with Gasteiger partial charge in [0.1, 0.15) is 12.0 Å². The van der Waals surface area contributed by atoms with Gasteiger partial charge in [-0.25, -0.2) is 18.1 Å². The summed E-state index contributed by atoms with van der Waals surface area (Å²) in [5.74, 6) is 0.568. The number of aryl methyl sites for hydroxylation is 2. The Labute approximate surface area is 140 Å². The molecular formula is C16H18N4O3S. The van der Waals surface area contributed by atoms with E-state index in [1.807, 2.05) is 13.2 Å². The molecule has 0 aliphatic carbocycles. The van der Waals surface area contributed by atoms with Crippen molar-refractivity contribution < 1.29 is 12.8 Å². The molecule has 0 unspecified atom stereocenters. The lowest BCUT2D eigenvalue weighted by Crippen LogP contribution is -2.25. The molecule has 0 amide bonds. The summed E-state index contributed by atoms with van der Waals surface area (Å²) < 4.78 is 34.1. The number of hydrogen-bond acceptors (Lipinski definition) is 5. The lowest BCUT2D eigenvalue weighted by Gasteiger charge is -2.06. The number of nitrogens with zero attached hydrogens (tertiary/aromatic N) is 3. The van der Waals surface area contributed by atoms with Crippen LogP contribution in [-0.2, 0) is 23.5 Å². The molecular weight excluding hydrogens is 328 g/mol. The van der Waals surface area contributed by atoms with Gasteiger partial charge in [-0.2, -0.15) is 5.10 Å². The molecule has 0 aliphatic rings. The third-order valence-electron chi connectivity index (χ3n) is 3.54. The van der Waals surface area contributed by atoms with Gasteiger partial charge in [-0.05, 0) is 24.1 Å². The number of benzene rings is 1. The number of rotatable bonds is 6. The van der Waals surface area contributed by atoms with Crippen LogP contribution in [0, 0.1) is 6.92 Å². The van der Waals surface area contributed by atoms with Gasteiger partial charge in [-0.3, -0.25) is 4.68 Å². The fraction of sp³-hybridized carbons (Fsp3) is 0.250. The first kappa shape index (κ1) is 16.4. The van der Waals surface area contributed by atoms with Crippen molar-refractivity contribution in [2.75, 3.05) is 6.54 Å². The predicted molar refractivity (Wildman–Crippen MR) is 88.8 cm³/mol. The highest BCUT2D eigenvalue weighted by Crippen LogP contribution is 2.20. The van der Waals surface area contributed by atoms with Gasteiger partial charge in [0.2, 0.25) is 10.0 Å². The Morgan fingerprint density at radius 2 is 2.00 bits per heavy atom. The Bertz CT molecular complexity index is 926. The Hall–Kier alpha value is -2.45. The summed E-state index contributed by atoms with van der Waals surface area (Å²) in [4.78, 5) is 4.44. The van der Waals surface area contributed by atoms with Gasteiger partial charge >= 0.3 is 0 Å². The molecule has 0 bridgehead atoms. The number of aromatic nitrogens is 3. The van der Waals surface area contributed by atoms with Crippen LogP contribution >= 0.6 is 0 Å². The fourth-order valence-corrected chi connectivity index (χ4v) is 3.35. The average Bonchev–Trinajstić information content (AvgIpc) is 3.16.